The molecule has 0 radical (unpaired) electrons. The molecule has 0 aliphatic heterocycles. The summed E-state index contributed by atoms with van der Waals surface area (Å²) in [5, 5.41) is 2.92. The van der Waals surface area contributed by atoms with Crippen molar-refractivity contribution in [3.8, 4) is 0 Å². The molecule has 4 nitrogen and oxygen atoms in total. The van der Waals surface area contributed by atoms with Gasteiger partial charge in [0.2, 0.25) is 11.8 Å². The van der Waals surface area contributed by atoms with Crippen LogP contribution < -0.4 is 10.2 Å². The van der Waals surface area contributed by atoms with Crippen molar-refractivity contribution in [3.05, 3.63) is 24.3 Å². The van der Waals surface area contributed by atoms with Crippen LogP contribution in [-0.4, -0.2) is 18.9 Å². The Morgan fingerprint density at radius 2 is 1.79 bits per heavy atom. The summed E-state index contributed by atoms with van der Waals surface area (Å²) in [6, 6.07) is 7.33. The maximum atomic E-state index is 12.1. The van der Waals surface area contributed by atoms with E-state index in [2.05, 4.69) is 5.32 Å². The predicted molar refractivity (Wildman–Crippen MR) is 78.2 cm³/mol. The number of nitrogens with zero attached hydrogens (tertiary/aromatic N) is 1. The summed E-state index contributed by atoms with van der Waals surface area (Å²) in [7, 11) is 1.70. The molecule has 0 aliphatic rings. The van der Waals surface area contributed by atoms with Crippen LogP contribution in [0.4, 0.5) is 11.4 Å². The van der Waals surface area contributed by atoms with Crippen molar-refractivity contribution < 1.29 is 9.59 Å². The van der Waals surface area contributed by atoms with Gasteiger partial charge in [0.05, 0.1) is 11.4 Å². The molecule has 0 saturated heterocycles. The Hall–Kier alpha value is -1.84. The standard InChI is InChI=1S/C15H22N2O2/c1-5-12(6-2)15(19)16-13-9-7-8-10-14(13)17(4)11(3)18/h7-10,12H,5-6H2,1-4H3,(H,16,19). The first-order valence-electron chi connectivity index (χ1n) is 6.65. The lowest BCUT2D eigenvalue weighted by Gasteiger charge is -2.20. The minimum atomic E-state index is -0.0655. The molecule has 0 aliphatic carbocycles. The summed E-state index contributed by atoms with van der Waals surface area (Å²) in [6.45, 7) is 5.50. The van der Waals surface area contributed by atoms with Gasteiger partial charge in [-0.25, -0.2) is 0 Å². The van der Waals surface area contributed by atoms with Crippen LogP contribution in [0.25, 0.3) is 0 Å². The van der Waals surface area contributed by atoms with Crippen molar-refractivity contribution in [1.29, 1.82) is 0 Å². The third kappa shape index (κ3) is 3.81. The lowest BCUT2D eigenvalue weighted by Crippen LogP contribution is -2.26. The van der Waals surface area contributed by atoms with Gasteiger partial charge in [0.1, 0.15) is 0 Å². The zero-order valence-electron chi connectivity index (χ0n) is 12.1. The van der Waals surface area contributed by atoms with Gasteiger partial charge in [0.25, 0.3) is 0 Å². The van der Waals surface area contributed by atoms with Gasteiger partial charge in [-0.1, -0.05) is 26.0 Å². The zero-order chi connectivity index (χ0) is 14.4. The van der Waals surface area contributed by atoms with E-state index in [1.165, 1.54) is 11.8 Å². The maximum absolute atomic E-state index is 12.1. The fourth-order valence-corrected chi connectivity index (χ4v) is 1.94. The van der Waals surface area contributed by atoms with Crippen LogP contribution in [0.2, 0.25) is 0 Å². The van der Waals surface area contributed by atoms with Gasteiger partial charge >= 0.3 is 0 Å². The molecule has 0 unspecified atom stereocenters. The van der Waals surface area contributed by atoms with Crippen LogP contribution in [0.3, 0.4) is 0 Å². The number of carbonyl (C=O) groups is 2. The first-order chi connectivity index (χ1) is 9.01. The summed E-state index contributed by atoms with van der Waals surface area (Å²) >= 11 is 0. The number of rotatable bonds is 5. The van der Waals surface area contributed by atoms with Crippen molar-refractivity contribution in [2.75, 3.05) is 17.3 Å². The summed E-state index contributed by atoms with van der Waals surface area (Å²) in [6.07, 6.45) is 1.63. The normalized spacial score (nSPS) is 10.4. The third-order valence-corrected chi connectivity index (χ3v) is 3.35. The number of nitrogens with one attached hydrogen (secondary N) is 1. The number of carbonyl (C=O) groups excluding carboxylic acids is 2. The number of amides is 2. The van der Waals surface area contributed by atoms with E-state index in [1.54, 1.807) is 7.05 Å². The topological polar surface area (TPSA) is 49.4 Å². The summed E-state index contributed by atoms with van der Waals surface area (Å²) in [5.41, 5.74) is 1.39. The molecule has 1 aromatic rings. The molecule has 1 aromatic carbocycles. The molecule has 2 amide bonds. The van der Waals surface area contributed by atoms with Crippen molar-refractivity contribution in [2.24, 2.45) is 5.92 Å². The monoisotopic (exact) mass is 262 g/mol. The molecule has 1 rings (SSSR count). The molecule has 1 N–H and O–H groups in total. The smallest absolute Gasteiger partial charge is 0.227 e. The fourth-order valence-electron chi connectivity index (χ4n) is 1.94. The van der Waals surface area contributed by atoms with Crippen LogP contribution in [0.15, 0.2) is 24.3 Å². The Morgan fingerprint density at radius 1 is 1.21 bits per heavy atom. The second-order valence-corrected chi connectivity index (χ2v) is 4.60. The first kappa shape index (κ1) is 15.2. The van der Waals surface area contributed by atoms with Gasteiger partial charge in [-0.2, -0.15) is 0 Å². The van der Waals surface area contributed by atoms with E-state index < -0.39 is 0 Å². The van der Waals surface area contributed by atoms with Crippen molar-refractivity contribution in [1.82, 2.24) is 0 Å². The van der Waals surface area contributed by atoms with Crippen molar-refractivity contribution in [2.45, 2.75) is 33.6 Å². The van der Waals surface area contributed by atoms with Crippen LogP contribution in [0.5, 0.6) is 0 Å². The molecule has 4 heteroatoms. The molecule has 0 saturated carbocycles. The molecule has 0 spiro atoms. The number of anilines is 2. The molecule has 0 atom stereocenters. The highest BCUT2D eigenvalue weighted by atomic mass is 16.2. The van der Waals surface area contributed by atoms with E-state index in [4.69, 9.17) is 0 Å². The van der Waals surface area contributed by atoms with Gasteiger partial charge in [-0.15, -0.1) is 0 Å². The van der Waals surface area contributed by atoms with Crippen LogP contribution in [0, 0.1) is 5.92 Å². The summed E-state index contributed by atoms with van der Waals surface area (Å²) in [5.74, 6) is -0.0469. The van der Waals surface area contributed by atoms with Crippen molar-refractivity contribution in [3.63, 3.8) is 0 Å². The Kier molecular flexibility index (Phi) is 5.55. The highest BCUT2D eigenvalue weighted by Crippen LogP contribution is 2.25. The predicted octanol–water partition coefficient (Wildman–Crippen LogP) is 3.04. The van der Waals surface area contributed by atoms with Gasteiger partial charge < -0.3 is 10.2 Å². The Bertz CT molecular complexity index is 453. The van der Waals surface area contributed by atoms with E-state index in [0.29, 0.717) is 11.4 Å². The summed E-state index contributed by atoms with van der Waals surface area (Å²) in [4.78, 5) is 25.1. The number of hydrogen-bond donors (Lipinski definition) is 1. The van der Waals surface area contributed by atoms with E-state index in [9.17, 15) is 9.59 Å². The number of hydrogen-bond acceptors (Lipinski definition) is 2. The quantitative estimate of drug-likeness (QED) is 0.886. The lowest BCUT2D eigenvalue weighted by atomic mass is 10.0. The van der Waals surface area contributed by atoms with Crippen molar-refractivity contribution >= 4 is 23.2 Å². The Morgan fingerprint density at radius 3 is 2.32 bits per heavy atom. The lowest BCUT2D eigenvalue weighted by molar-refractivity contribution is -0.120. The first-order valence-corrected chi connectivity index (χ1v) is 6.65. The molecular weight excluding hydrogens is 240 g/mol. The number of benzene rings is 1. The van der Waals surface area contributed by atoms with E-state index in [-0.39, 0.29) is 17.7 Å². The molecular formula is C15H22N2O2. The van der Waals surface area contributed by atoms with Gasteiger partial charge in [-0.05, 0) is 25.0 Å². The van der Waals surface area contributed by atoms with E-state index in [1.807, 2.05) is 38.1 Å². The average Bonchev–Trinajstić information content (AvgIpc) is 2.39. The second-order valence-electron chi connectivity index (χ2n) is 4.60. The SMILES string of the molecule is CCC(CC)C(=O)Nc1ccccc1N(C)C(C)=O. The largest absolute Gasteiger partial charge is 0.324 e. The van der Waals surface area contributed by atoms with Gasteiger partial charge in [0.15, 0.2) is 0 Å². The van der Waals surface area contributed by atoms with E-state index >= 15 is 0 Å². The van der Waals surface area contributed by atoms with Crippen LogP contribution in [0.1, 0.15) is 33.6 Å². The average molecular weight is 262 g/mol. The van der Waals surface area contributed by atoms with Gasteiger partial charge in [0, 0.05) is 19.9 Å². The van der Waals surface area contributed by atoms with Crippen LogP contribution >= 0.6 is 0 Å². The Balaban J connectivity index is 2.95. The molecule has 0 aromatic heterocycles. The molecule has 0 heterocycles. The minimum Gasteiger partial charge on any atom is -0.324 e. The second kappa shape index (κ2) is 6.92. The van der Waals surface area contributed by atoms with E-state index in [0.717, 1.165) is 12.8 Å². The minimum absolute atomic E-state index is 0.00871. The third-order valence-electron chi connectivity index (χ3n) is 3.35. The van der Waals surface area contributed by atoms with Gasteiger partial charge in [-0.3, -0.25) is 9.59 Å². The summed E-state index contributed by atoms with van der Waals surface area (Å²) < 4.78 is 0. The fraction of sp³-hybridized carbons (Fsp3) is 0.467. The molecule has 104 valence electrons. The highest BCUT2D eigenvalue weighted by Gasteiger charge is 2.17. The molecule has 0 fully saturated rings. The molecule has 0 bridgehead atoms. The highest BCUT2D eigenvalue weighted by molar-refractivity contribution is 6.00. The Labute approximate surface area is 114 Å². The zero-order valence-corrected chi connectivity index (χ0v) is 12.1. The van der Waals surface area contributed by atoms with Crippen LogP contribution in [-0.2, 0) is 9.59 Å². The maximum Gasteiger partial charge on any atom is 0.227 e. The molecule has 19 heavy (non-hydrogen) atoms. The number of para-hydroxylation sites is 2.